The second-order valence-electron chi connectivity index (χ2n) is 7.06. The quantitative estimate of drug-likeness (QED) is 0.819. The first-order valence-corrected chi connectivity index (χ1v) is 9.58. The molecular weight excluding hydrogens is 342 g/mol. The van der Waals surface area contributed by atoms with Gasteiger partial charge in [0, 0.05) is 31.0 Å². The molecule has 2 N–H and O–H groups in total. The van der Waals surface area contributed by atoms with Gasteiger partial charge >= 0.3 is 0 Å². The number of rotatable bonds is 6. The molecule has 2 amide bonds. The summed E-state index contributed by atoms with van der Waals surface area (Å²) in [5.41, 5.74) is 0.925. The van der Waals surface area contributed by atoms with Crippen LogP contribution >= 0.6 is 0 Å². The van der Waals surface area contributed by atoms with Crippen molar-refractivity contribution in [3.8, 4) is 11.4 Å². The van der Waals surface area contributed by atoms with Crippen LogP contribution in [0.3, 0.4) is 0 Å². The minimum Gasteiger partial charge on any atom is -0.352 e. The molecule has 3 rings (SSSR count). The van der Waals surface area contributed by atoms with Crippen molar-refractivity contribution < 1.29 is 9.59 Å². The average Bonchev–Trinajstić information content (AvgIpc) is 3.30. The molecule has 2 heterocycles. The Morgan fingerprint density at radius 1 is 1.26 bits per heavy atom. The number of hydrogen-bond donors (Lipinski definition) is 2. The van der Waals surface area contributed by atoms with Crippen molar-refractivity contribution in [3.05, 3.63) is 36.2 Å². The van der Waals surface area contributed by atoms with E-state index in [9.17, 15) is 9.59 Å². The maximum Gasteiger partial charge on any atom is 0.226 e. The summed E-state index contributed by atoms with van der Waals surface area (Å²) in [5, 5.41) is 10.3. The van der Waals surface area contributed by atoms with Gasteiger partial charge < -0.3 is 10.2 Å². The molecule has 1 aliphatic heterocycles. The second-order valence-corrected chi connectivity index (χ2v) is 7.06. The minimum absolute atomic E-state index is 0.0138. The number of amides is 2. The fourth-order valence-corrected chi connectivity index (χ4v) is 3.74. The molecule has 1 saturated heterocycles. The second kappa shape index (κ2) is 8.33. The van der Waals surface area contributed by atoms with E-state index < -0.39 is 0 Å². The number of nitrogens with zero attached hydrogens (tertiary/aromatic N) is 3. The Kier molecular flexibility index (Phi) is 5.88. The Bertz CT molecular complexity index is 785. The molecule has 0 radical (unpaired) electrons. The van der Waals surface area contributed by atoms with Gasteiger partial charge in [-0.15, -0.1) is 0 Å². The van der Waals surface area contributed by atoms with Crippen LogP contribution in [-0.4, -0.2) is 44.5 Å². The number of likely N-dealkylation sites (tertiary alicyclic amines) is 1. The lowest BCUT2D eigenvalue weighted by atomic mass is 10.0. The molecule has 2 aromatic rings. The first-order valence-electron chi connectivity index (χ1n) is 9.58. The highest BCUT2D eigenvalue weighted by atomic mass is 16.2. The van der Waals surface area contributed by atoms with Gasteiger partial charge in [-0.25, -0.2) is 4.98 Å². The predicted octanol–water partition coefficient (Wildman–Crippen LogP) is 2.69. The van der Waals surface area contributed by atoms with Crippen molar-refractivity contribution >= 4 is 11.8 Å². The highest BCUT2D eigenvalue weighted by Gasteiger charge is 2.40. The van der Waals surface area contributed by atoms with E-state index in [1.165, 1.54) is 6.92 Å². The van der Waals surface area contributed by atoms with Crippen LogP contribution in [0.15, 0.2) is 30.3 Å². The van der Waals surface area contributed by atoms with E-state index in [1.807, 2.05) is 49.1 Å². The fraction of sp³-hybridized carbons (Fsp3) is 0.500. The van der Waals surface area contributed by atoms with E-state index in [4.69, 9.17) is 0 Å². The van der Waals surface area contributed by atoms with Crippen molar-refractivity contribution in [3.63, 3.8) is 0 Å². The van der Waals surface area contributed by atoms with Gasteiger partial charge in [0.05, 0.1) is 6.04 Å². The summed E-state index contributed by atoms with van der Waals surface area (Å²) >= 11 is 0. The Morgan fingerprint density at radius 2 is 1.96 bits per heavy atom. The molecule has 2 atom stereocenters. The van der Waals surface area contributed by atoms with E-state index in [-0.39, 0.29) is 29.8 Å². The molecule has 1 fully saturated rings. The summed E-state index contributed by atoms with van der Waals surface area (Å²) in [6.07, 6.45) is 2.24. The van der Waals surface area contributed by atoms with Crippen molar-refractivity contribution in [1.82, 2.24) is 25.4 Å². The molecule has 7 heteroatoms. The number of benzene rings is 1. The average molecular weight is 369 g/mol. The number of carbonyl (C=O) groups is 2. The summed E-state index contributed by atoms with van der Waals surface area (Å²) in [5.74, 6) is 1.30. The van der Waals surface area contributed by atoms with Gasteiger partial charge in [0.15, 0.2) is 5.82 Å². The molecule has 0 unspecified atom stereocenters. The van der Waals surface area contributed by atoms with E-state index >= 15 is 0 Å². The van der Waals surface area contributed by atoms with Crippen molar-refractivity contribution in [1.29, 1.82) is 0 Å². The third kappa shape index (κ3) is 4.18. The van der Waals surface area contributed by atoms with E-state index in [2.05, 4.69) is 20.5 Å². The molecule has 144 valence electrons. The molecule has 1 aliphatic rings. The Balaban J connectivity index is 1.87. The zero-order valence-electron chi connectivity index (χ0n) is 16.1. The summed E-state index contributed by atoms with van der Waals surface area (Å²) < 4.78 is 0. The third-order valence-electron chi connectivity index (χ3n) is 5.18. The van der Waals surface area contributed by atoms with Crippen LogP contribution in [0.4, 0.5) is 0 Å². The molecule has 0 bridgehead atoms. The number of aromatic nitrogens is 3. The van der Waals surface area contributed by atoms with Gasteiger partial charge in [0.1, 0.15) is 5.82 Å². The normalized spacial score (nSPS) is 19.5. The van der Waals surface area contributed by atoms with Crippen LogP contribution in [0.5, 0.6) is 0 Å². The monoisotopic (exact) mass is 369 g/mol. The van der Waals surface area contributed by atoms with Gasteiger partial charge in [-0.2, -0.15) is 5.10 Å². The van der Waals surface area contributed by atoms with Crippen LogP contribution in [0.1, 0.15) is 51.9 Å². The topological polar surface area (TPSA) is 91.0 Å². The highest BCUT2D eigenvalue weighted by molar-refractivity contribution is 5.80. The smallest absolute Gasteiger partial charge is 0.226 e. The molecule has 27 heavy (non-hydrogen) atoms. The summed E-state index contributed by atoms with van der Waals surface area (Å²) in [6, 6.07) is 9.45. The van der Waals surface area contributed by atoms with Gasteiger partial charge in [-0.05, 0) is 19.3 Å². The first kappa shape index (κ1) is 19.1. The minimum atomic E-state index is -0.208. The van der Waals surface area contributed by atoms with Gasteiger partial charge in [-0.3, -0.25) is 14.7 Å². The standard InChI is InChI=1S/C20H27N5O2/c1-4-14(5-2)20(27)25-12-16(21-13(3)26)11-17(25)19-22-18(23-24-19)15-9-7-6-8-10-15/h6-10,14,16-17H,4-5,11-12H2,1-3H3,(H,21,26)(H,22,23,24)/t16-,17-/m0/s1. The predicted molar refractivity (Wildman–Crippen MR) is 103 cm³/mol. The zero-order chi connectivity index (χ0) is 19.4. The summed E-state index contributed by atoms with van der Waals surface area (Å²) in [4.78, 5) is 31.1. The Hall–Kier alpha value is -2.70. The maximum atomic E-state index is 13.1. The van der Waals surface area contributed by atoms with E-state index in [0.29, 0.717) is 24.6 Å². The number of carbonyl (C=O) groups excluding carboxylic acids is 2. The molecular formula is C20H27N5O2. The number of hydrogen-bond acceptors (Lipinski definition) is 4. The molecule has 0 aliphatic carbocycles. The lowest BCUT2D eigenvalue weighted by Crippen LogP contribution is -2.40. The van der Waals surface area contributed by atoms with Gasteiger partial charge in [0.25, 0.3) is 0 Å². The lowest BCUT2D eigenvalue weighted by Gasteiger charge is -2.26. The number of H-pyrrole nitrogens is 1. The Labute approximate surface area is 159 Å². The molecule has 1 aromatic carbocycles. The van der Waals surface area contributed by atoms with E-state index in [0.717, 1.165) is 18.4 Å². The third-order valence-corrected chi connectivity index (χ3v) is 5.18. The molecule has 1 aromatic heterocycles. The largest absolute Gasteiger partial charge is 0.352 e. The van der Waals surface area contributed by atoms with Crippen LogP contribution < -0.4 is 5.32 Å². The number of aromatic amines is 1. The Morgan fingerprint density at radius 3 is 2.59 bits per heavy atom. The van der Waals surface area contributed by atoms with Crippen LogP contribution in [-0.2, 0) is 9.59 Å². The van der Waals surface area contributed by atoms with Crippen LogP contribution in [0, 0.1) is 5.92 Å². The SMILES string of the molecule is CCC(CC)C(=O)N1C[C@@H](NC(C)=O)C[C@H]1c1nc(-c2ccccc2)n[nH]1. The van der Waals surface area contributed by atoms with Crippen molar-refractivity contribution in [2.24, 2.45) is 5.92 Å². The van der Waals surface area contributed by atoms with Crippen LogP contribution in [0.25, 0.3) is 11.4 Å². The van der Waals surface area contributed by atoms with Crippen molar-refractivity contribution in [2.45, 2.75) is 52.1 Å². The fourth-order valence-electron chi connectivity index (χ4n) is 3.74. The lowest BCUT2D eigenvalue weighted by molar-refractivity contribution is -0.137. The molecule has 0 saturated carbocycles. The number of nitrogens with one attached hydrogen (secondary N) is 2. The molecule has 0 spiro atoms. The van der Waals surface area contributed by atoms with Gasteiger partial charge in [-0.1, -0.05) is 44.2 Å². The first-order chi connectivity index (χ1) is 13.0. The van der Waals surface area contributed by atoms with E-state index in [1.54, 1.807) is 0 Å². The summed E-state index contributed by atoms with van der Waals surface area (Å²) in [7, 11) is 0. The zero-order valence-corrected chi connectivity index (χ0v) is 16.1. The summed E-state index contributed by atoms with van der Waals surface area (Å²) in [6.45, 7) is 6.07. The van der Waals surface area contributed by atoms with Crippen molar-refractivity contribution in [2.75, 3.05) is 6.54 Å². The van der Waals surface area contributed by atoms with Gasteiger partial charge in [0.2, 0.25) is 11.8 Å². The highest BCUT2D eigenvalue weighted by Crippen LogP contribution is 2.33. The maximum absolute atomic E-state index is 13.1. The molecule has 7 nitrogen and oxygen atoms in total. The van der Waals surface area contributed by atoms with Crippen LogP contribution in [0.2, 0.25) is 0 Å².